The van der Waals surface area contributed by atoms with Crippen molar-refractivity contribution in [2.24, 2.45) is 0 Å². The van der Waals surface area contributed by atoms with Gasteiger partial charge in [0.1, 0.15) is 11.6 Å². The molecule has 0 unspecified atom stereocenters. The molecule has 0 atom stereocenters. The second kappa shape index (κ2) is 5.41. The Balaban J connectivity index is 2.19. The van der Waals surface area contributed by atoms with E-state index >= 15 is 0 Å². The summed E-state index contributed by atoms with van der Waals surface area (Å²) in [5.74, 6) is -2.93. The molecule has 0 aliphatic carbocycles. The van der Waals surface area contributed by atoms with Gasteiger partial charge in [0.2, 0.25) is 0 Å². The van der Waals surface area contributed by atoms with Crippen molar-refractivity contribution in [3.05, 3.63) is 34.9 Å². The van der Waals surface area contributed by atoms with Crippen molar-refractivity contribution in [3.63, 3.8) is 0 Å². The minimum atomic E-state index is -1.33. The zero-order chi connectivity index (χ0) is 13.1. The third-order valence-electron chi connectivity index (χ3n) is 2.98. The van der Waals surface area contributed by atoms with E-state index < -0.39 is 17.6 Å². The van der Waals surface area contributed by atoms with Crippen molar-refractivity contribution in [2.75, 3.05) is 26.2 Å². The first-order chi connectivity index (χ1) is 8.58. The highest BCUT2D eigenvalue weighted by Crippen LogP contribution is 2.18. The molecule has 0 saturated carbocycles. The van der Waals surface area contributed by atoms with E-state index in [1.807, 2.05) is 4.90 Å². The average molecular weight is 256 g/mol. The highest BCUT2D eigenvalue weighted by atomic mass is 19.1. The normalized spacial score (nSPS) is 16.8. The van der Waals surface area contributed by atoms with Crippen LogP contribution in [-0.4, -0.2) is 42.2 Å². The maximum absolute atomic E-state index is 13.7. The monoisotopic (exact) mass is 256 g/mol. The Morgan fingerprint density at radius 3 is 2.33 bits per heavy atom. The summed E-state index contributed by atoms with van der Waals surface area (Å²) in [6, 6.07) is 1.73. The van der Waals surface area contributed by atoms with Crippen LogP contribution in [0.5, 0.6) is 0 Å². The van der Waals surface area contributed by atoms with E-state index in [1.54, 1.807) is 0 Å². The number of carboxylic acid groups (broad SMARTS) is 1. The predicted octanol–water partition coefficient (Wildman–Crippen LogP) is 1.07. The fourth-order valence-electron chi connectivity index (χ4n) is 1.97. The van der Waals surface area contributed by atoms with Crippen molar-refractivity contribution in [2.45, 2.75) is 6.54 Å². The Hall–Kier alpha value is -1.53. The van der Waals surface area contributed by atoms with E-state index in [1.165, 1.54) is 0 Å². The van der Waals surface area contributed by atoms with Gasteiger partial charge in [0.05, 0.1) is 5.56 Å². The molecule has 1 saturated heterocycles. The molecule has 1 aromatic carbocycles. The van der Waals surface area contributed by atoms with Gasteiger partial charge in [-0.05, 0) is 12.1 Å². The molecule has 6 heteroatoms. The number of aromatic carboxylic acids is 1. The molecule has 0 bridgehead atoms. The molecule has 1 heterocycles. The lowest BCUT2D eigenvalue weighted by Gasteiger charge is -2.27. The lowest BCUT2D eigenvalue weighted by atomic mass is 10.1. The van der Waals surface area contributed by atoms with Crippen LogP contribution in [0.2, 0.25) is 0 Å². The van der Waals surface area contributed by atoms with E-state index in [0.717, 1.165) is 38.3 Å². The van der Waals surface area contributed by atoms with Gasteiger partial charge in [-0.15, -0.1) is 0 Å². The topological polar surface area (TPSA) is 52.6 Å². The number of carboxylic acids is 1. The molecule has 0 spiro atoms. The van der Waals surface area contributed by atoms with E-state index in [0.29, 0.717) is 0 Å². The smallest absolute Gasteiger partial charge is 0.335 e. The molecule has 18 heavy (non-hydrogen) atoms. The summed E-state index contributed by atoms with van der Waals surface area (Å²) in [5, 5.41) is 11.8. The van der Waals surface area contributed by atoms with Crippen LogP contribution < -0.4 is 5.32 Å². The average Bonchev–Trinajstić information content (AvgIpc) is 2.34. The zero-order valence-electron chi connectivity index (χ0n) is 9.75. The van der Waals surface area contributed by atoms with E-state index in [9.17, 15) is 13.6 Å². The van der Waals surface area contributed by atoms with Crippen LogP contribution in [0, 0.1) is 11.6 Å². The maximum atomic E-state index is 13.7. The quantitative estimate of drug-likeness (QED) is 0.849. The van der Waals surface area contributed by atoms with Crippen LogP contribution >= 0.6 is 0 Å². The predicted molar refractivity (Wildman–Crippen MR) is 61.5 cm³/mol. The molecule has 1 aliphatic rings. The van der Waals surface area contributed by atoms with Crippen LogP contribution in [0.25, 0.3) is 0 Å². The molecule has 0 aromatic heterocycles. The first-order valence-electron chi connectivity index (χ1n) is 5.72. The van der Waals surface area contributed by atoms with Crippen LogP contribution in [0.15, 0.2) is 12.1 Å². The zero-order valence-corrected chi connectivity index (χ0v) is 9.75. The van der Waals surface area contributed by atoms with Gasteiger partial charge in [-0.3, -0.25) is 4.90 Å². The van der Waals surface area contributed by atoms with Gasteiger partial charge in [0.25, 0.3) is 0 Å². The standard InChI is InChI=1S/C12H14F2N2O2/c13-10-5-8(12(17)18)6-11(14)9(10)7-16-3-1-15-2-4-16/h5-6,15H,1-4,7H2,(H,17,18). The lowest BCUT2D eigenvalue weighted by Crippen LogP contribution is -2.43. The highest BCUT2D eigenvalue weighted by Gasteiger charge is 2.18. The molecule has 1 aliphatic heterocycles. The number of hydrogen-bond donors (Lipinski definition) is 2. The summed E-state index contributed by atoms with van der Waals surface area (Å²) in [5.41, 5.74) is -0.434. The number of halogens is 2. The highest BCUT2D eigenvalue weighted by molar-refractivity contribution is 5.87. The Kier molecular flexibility index (Phi) is 3.88. The first-order valence-corrected chi connectivity index (χ1v) is 5.72. The summed E-state index contributed by atoms with van der Waals surface area (Å²) >= 11 is 0. The third kappa shape index (κ3) is 2.83. The SMILES string of the molecule is O=C(O)c1cc(F)c(CN2CCNCC2)c(F)c1. The molecule has 2 rings (SSSR count). The molecular formula is C12H14F2N2O2. The number of carbonyl (C=O) groups is 1. The summed E-state index contributed by atoms with van der Waals surface area (Å²) in [4.78, 5) is 12.6. The summed E-state index contributed by atoms with van der Waals surface area (Å²) in [7, 11) is 0. The summed E-state index contributed by atoms with van der Waals surface area (Å²) in [6.07, 6.45) is 0. The van der Waals surface area contributed by atoms with Gasteiger partial charge in [-0.1, -0.05) is 0 Å². The second-order valence-electron chi connectivity index (χ2n) is 4.25. The molecule has 1 fully saturated rings. The summed E-state index contributed by atoms with van der Waals surface area (Å²) in [6.45, 7) is 3.19. The number of rotatable bonds is 3. The number of piperazine rings is 1. The summed E-state index contributed by atoms with van der Waals surface area (Å²) < 4.78 is 27.4. The van der Waals surface area contributed by atoms with E-state index in [-0.39, 0.29) is 17.7 Å². The number of hydrogen-bond acceptors (Lipinski definition) is 3. The Bertz CT molecular complexity index is 436. The molecular weight excluding hydrogens is 242 g/mol. The van der Waals surface area contributed by atoms with E-state index in [4.69, 9.17) is 5.11 Å². The molecule has 2 N–H and O–H groups in total. The van der Waals surface area contributed by atoms with Crippen molar-refractivity contribution in [1.82, 2.24) is 10.2 Å². The minimum absolute atomic E-state index is 0.0677. The largest absolute Gasteiger partial charge is 0.478 e. The fourth-order valence-corrected chi connectivity index (χ4v) is 1.97. The van der Waals surface area contributed by atoms with Gasteiger partial charge in [-0.2, -0.15) is 0 Å². The molecule has 4 nitrogen and oxygen atoms in total. The third-order valence-corrected chi connectivity index (χ3v) is 2.98. The van der Waals surface area contributed by atoms with Crippen molar-refractivity contribution in [1.29, 1.82) is 0 Å². The molecule has 0 radical (unpaired) electrons. The van der Waals surface area contributed by atoms with Crippen LogP contribution in [-0.2, 0) is 6.54 Å². The van der Waals surface area contributed by atoms with Gasteiger partial charge in [-0.25, -0.2) is 13.6 Å². The van der Waals surface area contributed by atoms with Gasteiger partial charge in [0.15, 0.2) is 0 Å². The molecule has 0 amide bonds. The first kappa shape index (κ1) is 12.9. The lowest BCUT2D eigenvalue weighted by molar-refractivity contribution is 0.0695. The van der Waals surface area contributed by atoms with Gasteiger partial charge >= 0.3 is 5.97 Å². The van der Waals surface area contributed by atoms with E-state index in [2.05, 4.69) is 5.32 Å². The Morgan fingerprint density at radius 2 is 1.83 bits per heavy atom. The van der Waals surface area contributed by atoms with Gasteiger partial charge < -0.3 is 10.4 Å². The Labute approximate surface area is 103 Å². The van der Waals surface area contributed by atoms with Crippen molar-refractivity contribution >= 4 is 5.97 Å². The molecule has 98 valence electrons. The maximum Gasteiger partial charge on any atom is 0.335 e. The minimum Gasteiger partial charge on any atom is -0.478 e. The number of nitrogens with zero attached hydrogens (tertiary/aromatic N) is 1. The van der Waals surface area contributed by atoms with Crippen LogP contribution in [0.3, 0.4) is 0 Å². The van der Waals surface area contributed by atoms with Crippen LogP contribution in [0.1, 0.15) is 15.9 Å². The van der Waals surface area contributed by atoms with Gasteiger partial charge in [0, 0.05) is 38.3 Å². The van der Waals surface area contributed by atoms with Crippen molar-refractivity contribution in [3.8, 4) is 0 Å². The fraction of sp³-hybridized carbons (Fsp3) is 0.417. The van der Waals surface area contributed by atoms with Crippen LogP contribution in [0.4, 0.5) is 8.78 Å². The van der Waals surface area contributed by atoms with Crippen molar-refractivity contribution < 1.29 is 18.7 Å². The number of nitrogens with one attached hydrogen (secondary N) is 1. The molecule has 1 aromatic rings. The Morgan fingerprint density at radius 1 is 1.28 bits per heavy atom. The number of benzene rings is 1. The second-order valence-corrected chi connectivity index (χ2v) is 4.25.